The monoisotopic (exact) mass is 392 g/mol. The van der Waals surface area contributed by atoms with E-state index in [1.807, 2.05) is 24.3 Å². The second-order valence-corrected chi connectivity index (χ2v) is 8.98. The predicted molar refractivity (Wildman–Crippen MR) is 114 cm³/mol. The van der Waals surface area contributed by atoms with Crippen molar-refractivity contribution in [1.82, 2.24) is 0 Å². The lowest BCUT2D eigenvalue weighted by molar-refractivity contribution is 0.578. The molecule has 0 spiro atoms. The number of rotatable bonds is 5. The fourth-order valence-electron chi connectivity index (χ4n) is 3.60. The standard InChI is InChI=1S/C23H24N2O2S/c26-28(27,20-9-3-1-4-10-20)21-15-13-19(14-16-21)24-22-11-5-6-12-23(22)25-17-7-2-8-18-25/h1,3-6,9-16,24H,2,7-8,17-18H2. The molecule has 5 heteroatoms. The molecule has 0 atom stereocenters. The Morgan fingerprint density at radius 2 is 1.29 bits per heavy atom. The summed E-state index contributed by atoms with van der Waals surface area (Å²) in [5.74, 6) is 0. The van der Waals surface area contributed by atoms with Gasteiger partial charge >= 0.3 is 0 Å². The smallest absolute Gasteiger partial charge is 0.206 e. The Balaban J connectivity index is 1.56. The van der Waals surface area contributed by atoms with Crippen LogP contribution in [0, 0.1) is 0 Å². The number of para-hydroxylation sites is 2. The molecule has 1 N–H and O–H groups in total. The molecule has 0 unspecified atom stereocenters. The highest BCUT2D eigenvalue weighted by atomic mass is 32.2. The molecular weight excluding hydrogens is 368 g/mol. The molecule has 0 aliphatic carbocycles. The Morgan fingerprint density at radius 3 is 2.00 bits per heavy atom. The zero-order valence-electron chi connectivity index (χ0n) is 15.7. The van der Waals surface area contributed by atoms with Gasteiger partial charge in [0.1, 0.15) is 0 Å². The molecule has 3 aromatic carbocycles. The maximum absolute atomic E-state index is 12.7. The van der Waals surface area contributed by atoms with Gasteiger partial charge in [-0.3, -0.25) is 0 Å². The molecule has 4 nitrogen and oxygen atoms in total. The Kier molecular flexibility index (Phi) is 5.35. The first kappa shape index (κ1) is 18.6. The van der Waals surface area contributed by atoms with Crippen molar-refractivity contribution in [2.45, 2.75) is 29.1 Å². The van der Waals surface area contributed by atoms with Crippen LogP contribution in [0.4, 0.5) is 17.1 Å². The average Bonchev–Trinajstić information content (AvgIpc) is 2.76. The predicted octanol–water partition coefficient (Wildman–Crippen LogP) is 5.25. The molecule has 0 radical (unpaired) electrons. The minimum absolute atomic E-state index is 0.300. The number of anilines is 3. The van der Waals surface area contributed by atoms with Gasteiger partial charge in [-0.15, -0.1) is 0 Å². The first-order chi connectivity index (χ1) is 13.6. The van der Waals surface area contributed by atoms with E-state index >= 15 is 0 Å². The van der Waals surface area contributed by atoms with E-state index in [9.17, 15) is 8.42 Å². The third-order valence-electron chi connectivity index (χ3n) is 5.10. The largest absolute Gasteiger partial charge is 0.370 e. The van der Waals surface area contributed by atoms with Crippen LogP contribution in [0.25, 0.3) is 0 Å². The minimum atomic E-state index is -3.49. The highest BCUT2D eigenvalue weighted by molar-refractivity contribution is 7.91. The van der Waals surface area contributed by atoms with Gasteiger partial charge in [0, 0.05) is 18.8 Å². The molecular formula is C23H24N2O2S. The van der Waals surface area contributed by atoms with E-state index in [2.05, 4.69) is 28.4 Å². The SMILES string of the molecule is O=S(=O)(c1ccccc1)c1ccc(Nc2ccccc2N2CCCCC2)cc1. The molecule has 1 aliphatic heterocycles. The number of nitrogens with one attached hydrogen (secondary N) is 1. The van der Waals surface area contributed by atoms with E-state index in [4.69, 9.17) is 0 Å². The second kappa shape index (κ2) is 8.07. The van der Waals surface area contributed by atoms with Gasteiger partial charge in [-0.1, -0.05) is 30.3 Å². The lowest BCUT2D eigenvalue weighted by Gasteiger charge is -2.30. The molecule has 0 aromatic heterocycles. The molecule has 1 saturated heterocycles. The molecule has 4 rings (SSSR count). The molecule has 28 heavy (non-hydrogen) atoms. The summed E-state index contributed by atoms with van der Waals surface area (Å²) in [6.45, 7) is 2.15. The van der Waals surface area contributed by atoms with Gasteiger partial charge in [-0.25, -0.2) is 8.42 Å². The lowest BCUT2D eigenvalue weighted by atomic mass is 10.1. The van der Waals surface area contributed by atoms with Gasteiger partial charge in [0.05, 0.1) is 21.2 Å². The summed E-state index contributed by atoms with van der Waals surface area (Å²) in [6, 6.07) is 23.8. The molecule has 144 valence electrons. The lowest BCUT2D eigenvalue weighted by Crippen LogP contribution is -2.29. The number of benzene rings is 3. The number of sulfone groups is 1. The van der Waals surface area contributed by atoms with Crippen LogP contribution in [0.1, 0.15) is 19.3 Å². The number of hydrogen-bond acceptors (Lipinski definition) is 4. The topological polar surface area (TPSA) is 49.4 Å². The maximum Gasteiger partial charge on any atom is 0.206 e. The fraction of sp³-hybridized carbons (Fsp3) is 0.217. The van der Waals surface area contributed by atoms with E-state index in [1.54, 1.807) is 36.4 Å². The van der Waals surface area contributed by atoms with Gasteiger partial charge < -0.3 is 10.2 Å². The molecule has 1 heterocycles. The number of hydrogen-bond donors (Lipinski definition) is 1. The van der Waals surface area contributed by atoms with Crippen LogP contribution >= 0.6 is 0 Å². The maximum atomic E-state index is 12.7. The normalized spacial score (nSPS) is 14.6. The van der Waals surface area contributed by atoms with Crippen molar-refractivity contribution in [1.29, 1.82) is 0 Å². The summed E-state index contributed by atoms with van der Waals surface area (Å²) in [5.41, 5.74) is 3.11. The minimum Gasteiger partial charge on any atom is -0.370 e. The third kappa shape index (κ3) is 3.90. The molecule has 1 aliphatic rings. The van der Waals surface area contributed by atoms with Crippen LogP contribution in [0.5, 0.6) is 0 Å². The van der Waals surface area contributed by atoms with E-state index in [0.29, 0.717) is 9.79 Å². The van der Waals surface area contributed by atoms with Gasteiger partial charge in [0.25, 0.3) is 0 Å². The molecule has 3 aromatic rings. The number of nitrogens with zero attached hydrogens (tertiary/aromatic N) is 1. The molecule has 0 saturated carbocycles. The van der Waals surface area contributed by atoms with Crippen molar-refractivity contribution in [2.75, 3.05) is 23.3 Å². The van der Waals surface area contributed by atoms with Crippen LogP contribution in [-0.4, -0.2) is 21.5 Å². The summed E-state index contributed by atoms with van der Waals surface area (Å²) in [5, 5.41) is 3.45. The van der Waals surface area contributed by atoms with E-state index in [0.717, 1.165) is 24.5 Å². The molecule has 1 fully saturated rings. The second-order valence-electron chi connectivity index (χ2n) is 7.03. The summed E-state index contributed by atoms with van der Waals surface area (Å²) in [6.07, 6.45) is 3.74. The Labute approximate surface area is 166 Å². The first-order valence-corrected chi connectivity index (χ1v) is 11.1. The average molecular weight is 393 g/mol. The molecule has 0 amide bonds. The zero-order valence-corrected chi connectivity index (χ0v) is 16.5. The van der Waals surface area contributed by atoms with Crippen molar-refractivity contribution in [2.24, 2.45) is 0 Å². The van der Waals surface area contributed by atoms with Crippen molar-refractivity contribution < 1.29 is 8.42 Å². The van der Waals surface area contributed by atoms with Crippen LogP contribution in [0.3, 0.4) is 0 Å². The summed E-state index contributed by atoms with van der Waals surface area (Å²) in [4.78, 5) is 3.03. The highest BCUT2D eigenvalue weighted by Gasteiger charge is 2.17. The van der Waals surface area contributed by atoms with Crippen molar-refractivity contribution in [3.05, 3.63) is 78.9 Å². The van der Waals surface area contributed by atoms with E-state index in [-0.39, 0.29) is 0 Å². The third-order valence-corrected chi connectivity index (χ3v) is 6.88. The highest BCUT2D eigenvalue weighted by Crippen LogP contribution is 2.31. The van der Waals surface area contributed by atoms with Gasteiger partial charge in [-0.05, 0) is 67.8 Å². The van der Waals surface area contributed by atoms with Crippen LogP contribution < -0.4 is 10.2 Å². The molecule has 0 bridgehead atoms. The van der Waals surface area contributed by atoms with Crippen LogP contribution in [0.15, 0.2) is 88.7 Å². The fourth-order valence-corrected chi connectivity index (χ4v) is 4.88. The van der Waals surface area contributed by atoms with Crippen LogP contribution in [-0.2, 0) is 9.84 Å². The summed E-state index contributed by atoms with van der Waals surface area (Å²) in [7, 11) is -3.49. The summed E-state index contributed by atoms with van der Waals surface area (Å²) >= 11 is 0. The first-order valence-electron chi connectivity index (χ1n) is 9.66. The quantitative estimate of drug-likeness (QED) is 0.644. The van der Waals surface area contributed by atoms with Gasteiger partial charge in [-0.2, -0.15) is 0 Å². The van der Waals surface area contributed by atoms with Crippen molar-refractivity contribution >= 4 is 26.9 Å². The summed E-state index contributed by atoms with van der Waals surface area (Å²) < 4.78 is 25.5. The van der Waals surface area contributed by atoms with Crippen molar-refractivity contribution in [3.63, 3.8) is 0 Å². The van der Waals surface area contributed by atoms with Crippen LogP contribution in [0.2, 0.25) is 0 Å². The van der Waals surface area contributed by atoms with E-state index in [1.165, 1.54) is 24.9 Å². The Hall–Kier alpha value is -2.79. The van der Waals surface area contributed by atoms with E-state index < -0.39 is 9.84 Å². The Bertz CT molecular complexity index is 1030. The Morgan fingerprint density at radius 1 is 0.679 bits per heavy atom. The van der Waals surface area contributed by atoms with Gasteiger partial charge in [0.2, 0.25) is 9.84 Å². The number of piperidine rings is 1. The van der Waals surface area contributed by atoms with Gasteiger partial charge in [0.15, 0.2) is 0 Å². The van der Waals surface area contributed by atoms with Crippen molar-refractivity contribution in [3.8, 4) is 0 Å². The zero-order chi connectivity index (χ0) is 19.4.